The summed E-state index contributed by atoms with van der Waals surface area (Å²) in [5.74, 6) is -0.637. The summed E-state index contributed by atoms with van der Waals surface area (Å²) in [6.45, 7) is 3.70. The summed E-state index contributed by atoms with van der Waals surface area (Å²) in [5, 5.41) is 12.2. The molecule has 0 bridgehead atoms. The number of benzene rings is 2. The fourth-order valence-electron chi connectivity index (χ4n) is 2.44. The van der Waals surface area contributed by atoms with Crippen molar-refractivity contribution in [2.45, 2.75) is 13.8 Å². The van der Waals surface area contributed by atoms with Crippen LogP contribution in [0.1, 0.15) is 19.4 Å². The number of halogens is 1. The van der Waals surface area contributed by atoms with Gasteiger partial charge in [0, 0.05) is 5.69 Å². The highest BCUT2D eigenvalue weighted by molar-refractivity contribution is 6.32. The zero-order valence-corrected chi connectivity index (χ0v) is 17.4. The van der Waals surface area contributed by atoms with E-state index >= 15 is 0 Å². The van der Waals surface area contributed by atoms with Gasteiger partial charge in [-0.1, -0.05) is 29.8 Å². The molecule has 30 heavy (non-hydrogen) atoms. The van der Waals surface area contributed by atoms with Crippen LogP contribution in [0.5, 0.6) is 11.5 Å². The van der Waals surface area contributed by atoms with Gasteiger partial charge >= 0.3 is 5.97 Å². The van der Waals surface area contributed by atoms with E-state index in [-0.39, 0.29) is 35.3 Å². The van der Waals surface area contributed by atoms with Gasteiger partial charge in [-0.3, -0.25) is 4.79 Å². The highest BCUT2D eigenvalue weighted by atomic mass is 35.5. The Balaban J connectivity index is 2.28. The fourth-order valence-corrected chi connectivity index (χ4v) is 2.72. The summed E-state index contributed by atoms with van der Waals surface area (Å²) in [7, 11) is 0. The van der Waals surface area contributed by atoms with Crippen molar-refractivity contribution in [2.75, 3.05) is 25.1 Å². The van der Waals surface area contributed by atoms with Gasteiger partial charge in [0.2, 0.25) is 0 Å². The molecule has 0 aliphatic rings. The van der Waals surface area contributed by atoms with Gasteiger partial charge in [0.25, 0.3) is 5.91 Å². The minimum absolute atomic E-state index is 0.113. The van der Waals surface area contributed by atoms with Crippen molar-refractivity contribution in [3.05, 3.63) is 58.6 Å². The number of carbonyl (C=O) groups excluding carboxylic acids is 2. The number of carbonyl (C=O) groups is 2. The molecule has 0 spiro atoms. The van der Waals surface area contributed by atoms with Crippen LogP contribution in [-0.4, -0.2) is 31.7 Å². The molecule has 1 amide bonds. The molecule has 0 heterocycles. The molecular weight excluding hydrogens is 408 g/mol. The van der Waals surface area contributed by atoms with Crippen LogP contribution >= 0.6 is 11.6 Å². The van der Waals surface area contributed by atoms with Crippen LogP contribution in [0.2, 0.25) is 5.02 Å². The lowest BCUT2D eigenvalue weighted by Gasteiger charge is -2.14. The van der Waals surface area contributed by atoms with Gasteiger partial charge in [-0.25, -0.2) is 4.79 Å². The molecule has 7 nitrogen and oxygen atoms in total. The topological polar surface area (TPSA) is 97.7 Å². The molecule has 156 valence electrons. The first-order chi connectivity index (χ1) is 14.5. The molecule has 0 aliphatic carbocycles. The number of ether oxygens (including phenoxy) is 3. The molecule has 0 saturated carbocycles. The lowest BCUT2D eigenvalue weighted by molar-refractivity contribution is -0.145. The summed E-state index contributed by atoms with van der Waals surface area (Å²) in [5.41, 5.74) is 0.920. The summed E-state index contributed by atoms with van der Waals surface area (Å²) >= 11 is 6.30. The van der Waals surface area contributed by atoms with E-state index in [1.54, 1.807) is 44.2 Å². The van der Waals surface area contributed by atoms with E-state index in [0.717, 1.165) is 0 Å². The number of nitriles is 1. The minimum Gasteiger partial charge on any atom is -0.490 e. The third-order valence-corrected chi connectivity index (χ3v) is 3.96. The molecule has 8 heteroatoms. The van der Waals surface area contributed by atoms with Gasteiger partial charge in [-0.2, -0.15) is 5.26 Å². The van der Waals surface area contributed by atoms with Gasteiger partial charge in [0.15, 0.2) is 18.1 Å². The summed E-state index contributed by atoms with van der Waals surface area (Å²) < 4.78 is 15.8. The molecule has 0 atom stereocenters. The van der Waals surface area contributed by atoms with Gasteiger partial charge in [-0.05, 0) is 49.8 Å². The van der Waals surface area contributed by atoms with Crippen molar-refractivity contribution in [1.82, 2.24) is 0 Å². The molecule has 1 N–H and O–H groups in total. The lowest BCUT2D eigenvalue weighted by atomic mass is 10.1. The Morgan fingerprint density at radius 1 is 1.13 bits per heavy atom. The Bertz CT molecular complexity index is 967. The van der Waals surface area contributed by atoms with E-state index in [2.05, 4.69) is 5.32 Å². The third-order valence-electron chi connectivity index (χ3n) is 3.68. The second kappa shape index (κ2) is 11.5. The van der Waals surface area contributed by atoms with Crippen molar-refractivity contribution >= 4 is 35.2 Å². The number of hydrogen-bond donors (Lipinski definition) is 1. The van der Waals surface area contributed by atoms with Crippen LogP contribution in [-0.2, 0) is 14.3 Å². The van der Waals surface area contributed by atoms with E-state index < -0.39 is 11.9 Å². The number of nitrogens with zero attached hydrogens (tertiary/aromatic N) is 1. The van der Waals surface area contributed by atoms with Crippen molar-refractivity contribution in [3.63, 3.8) is 0 Å². The Hall–Kier alpha value is -3.50. The maximum Gasteiger partial charge on any atom is 0.344 e. The van der Waals surface area contributed by atoms with E-state index in [1.807, 2.05) is 12.1 Å². The first kappa shape index (κ1) is 22.8. The number of hydrogen-bond acceptors (Lipinski definition) is 6. The Kier molecular flexibility index (Phi) is 8.73. The first-order valence-electron chi connectivity index (χ1n) is 9.21. The average molecular weight is 429 g/mol. The van der Waals surface area contributed by atoms with Crippen LogP contribution in [0, 0.1) is 11.3 Å². The fraction of sp³-hybridized carbons (Fsp3) is 0.227. The Morgan fingerprint density at radius 2 is 1.87 bits per heavy atom. The SMILES string of the molecule is CCOC(=O)COc1c(Cl)cc(/C=C(\C#N)C(=O)Nc2ccccc2)cc1OCC. The first-order valence-corrected chi connectivity index (χ1v) is 9.59. The summed E-state index contributed by atoms with van der Waals surface area (Å²) in [6, 6.07) is 13.8. The van der Waals surface area contributed by atoms with Gasteiger partial charge in [0.1, 0.15) is 11.6 Å². The smallest absolute Gasteiger partial charge is 0.344 e. The maximum atomic E-state index is 12.4. The second-order valence-corrected chi connectivity index (χ2v) is 6.25. The minimum atomic E-state index is -0.555. The molecular formula is C22H21ClN2O5. The molecule has 2 rings (SSSR count). The molecule has 0 radical (unpaired) electrons. The standard InChI is InChI=1S/C22H21ClN2O5/c1-3-28-19-12-15(11-18(23)21(19)30-14-20(26)29-4-2)10-16(13-24)22(27)25-17-8-6-5-7-9-17/h5-12H,3-4,14H2,1-2H3,(H,25,27)/b16-10+. The van der Waals surface area contributed by atoms with Gasteiger partial charge in [-0.15, -0.1) is 0 Å². The third kappa shape index (κ3) is 6.54. The number of amides is 1. The van der Waals surface area contributed by atoms with Crippen LogP contribution in [0.15, 0.2) is 48.0 Å². The molecule has 0 fully saturated rings. The van der Waals surface area contributed by atoms with Gasteiger partial charge in [0.05, 0.1) is 18.2 Å². The van der Waals surface area contributed by atoms with Crippen LogP contribution in [0.25, 0.3) is 6.08 Å². The van der Waals surface area contributed by atoms with E-state index in [4.69, 9.17) is 25.8 Å². The Morgan fingerprint density at radius 3 is 2.50 bits per heavy atom. The monoisotopic (exact) mass is 428 g/mol. The van der Waals surface area contributed by atoms with Crippen LogP contribution in [0.4, 0.5) is 5.69 Å². The zero-order chi connectivity index (χ0) is 21.9. The van der Waals surface area contributed by atoms with Crippen molar-refractivity contribution in [2.24, 2.45) is 0 Å². The van der Waals surface area contributed by atoms with Crippen molar-refractivity contribution in [3.8, 4) is 17.6 Å². The highest BCUT2D eigenvalue weighted by Gasteiger charge is 2.16. The number of esters is 1. The predicted molar refractivity (Wildman–Crippen MR) is 113 cm³/mol. The van der Waals surface area contributed by atoms with Gasteiger partial charge < -0.3 is 19.5 Å². The van der Waals surface area contributed by atoms with Crippen LogP contribution < -0.4 is 14.8 Å². The molecule has 2 aromatic rings. The average Bonchev–Trinajstić information content (AvgIpc) is 2.72. The number of nitrogens with one attached hydrogen (secondary N) is 1. The molecule has 0 aromatic heterocycles. The van der Waals surface area contributed by atoms with Crippen LogP contribution in [0.3, 0.4) is 0 Å². The van der Waals surface area contributed by atoms with Crippen molar-refractivity contribution < 1.29 is 23.8 Å². The second-order valence-electron chi connectivity index (χ2n) is 5.85. The summed E-state index contributed by atoms with van der Waals surface area (Å²) in [6.07, 6.45) is 1.39. The Labute approximate surface area is 179 Å². The highest BCUT2D eigenvalue weighted by Crippen LogP contribution is 2.37. The molecule has 2 aromatic carbocycles. The lowest BCUT2D eigenvalue weighted by Crippen LogP contribution is -2.15. The largest absolute Gasteiger partial charge is 0.490 e. The number of rotatable bonds is 9. The van der Waals surface area contributed by atoms with E-state index in [9.17, 15) is 14.9 Å². The van der Waals surface area contributed by atoms with E-state index in [0.29, 0.717) is 17.9 Å². The zero-order valence-electron chi connectivity index (χ0n) is 16.6. The van der Waals surface area contributed by atoms with E-state index in [1.165, 1.54) is 12.1 Å². The predicted octanol–water partition coefficient (Wildman–Crippen LogP) is 4.23. The molecule has 0 aliphatic heterocycles. The number of para-hydroxylation sites is 1. The molecule has 0 saturated heterocycles. The maximum absolute atomic E-state index is 12.4. The quantitative estimate of drug-likeness (QED) is 0.364. The van der Waals surface area contributed by atoms with Crippen molar-refractivity contribution in [1.29, 1.82) is 5.26 Å². The summed E-state index contributed by atoms with van der Waals surface area (Å²) in [4.78, 5) is 24.0. The normalized spacial score (nSPS) is 10.7. The molecule has 0 unspecified atom stereocenters. The number of anilines is 1.